The summed E-state index contributed by atoms with van der Waals surface area (Å²) in [5, 5.41) is 9.33. The van der Waals surface area contributed by atoms with Crippen molar-refractivity contribution in [2.45, 2.75) is 45.6 Å². The smallest absolute Gasteiger partial charge is 0.337 e. The van der Waals surface area contributed by atoms with Crippen molar-refractivity contribution in [3.8, 4) is 0 Å². The predicted molar refractivity (Wildman–Crippen MR) is 78.0 cm³/mol. The molecule has 1 saturated carbocycles. The third kappa shape index (κ3) is 3.09. The molecule has 0 aromatic heterocycles. The van der Waals surface area contributed by atoms with Crippen LogP contribution in [0.1, 0.15) is 48.5 Å². The van der Waals surface area contributed by atoms with E-state index in [1.807, 2.05) is 26.1 Å². The Balaban J connectivity index is 2.29. The molecule has 3 heteroatoms. The zero-order valence-electron chi connectivity index (χ0n) is 12.0. The Hall–Kier alpha value is -1.51. The van der Waals surface area contributed by atoms with Crippen LogP contribution in [0.2, 0.25) is 0 Å². The minimum Gasteiger partial charge on any atom is -0.478 e. The van der Waals surface area contributed by atoms with Gasteiger partial charge in [0.05, 0.1) is 11.3 Å². The number of anilines is 1. The van der Waals surface area contributed by atoms with E-state index in [-0.39, 0.29) is 0 Å². The van der Waals surface area contributed by atoms with Crippen LogP contribution in [0.5, 0.6) is 0 Å². The van der Waals surface area contributed by atoms with Crippen molar-refractivity contribution in [1.82, 2.24) is 0 Å². The van der Waals surface area contributed by atoms with Gasteiger partial charge in [-0.3, -0.25) is 0 Å². The molecule has 1 N–H and O–H groups in total. The van der Waals surface area contributed by atoms with Crippen molar-refractivity contribution in [3.63, 3.8) is 0 Å². The van der Waals surface area contributed by atoms with Gasteiger partial charge in [-0.15, -0.1) is 0 Å². The number of carbonyl (C=O) groups is 1. The molecule has 0 spiro atoms. The number of nitrogens with zero attached hydrogens (tertiary/aromatic N) is 1. The third-order valence-electron chi connectivity index (χ3n) is 4.22. The van der Waals surface area contributed by atoms with Gasteiger partial charge in [-0.2, -0.15) is 0 Å². The number of hydrogen-bond donors (Lipinski definition) is 1. The number of carboxylic acids is 1. The molecule has 1 aliphatic rings. The van der Waals surface area contributed by atoms with E-state index in [0.29, 0.717) is 11.6 Å². The Morgan fingerprint density at radius 3 is 2.74 bits per heavy atom. The zero-order chi connectivity index (χ0) is 14.0. The molecule has 0 radical (unpaired) electrons. The number of carboxylic acid groups (broad SMARTS) is 1. The quantitative estimate of drug-likeness (QED) is 0.901. The molecule has 0 amide bonds. The second-order valence-electron chi connectivity index (χ2n) is 5.86. The number of aryl methyl sites for hydroxylation is 1. The van der Waals surface area contributed by atoms with E-state index < -0.39 is 5.97 Å². The summed E-state index contributed by atoms with van der Waals surface area (Å²) in [4.78, 5) is 13.5. The Kier molecular flexibility index (Phi) is 4.13. The van der Waals surface area contributed by atoms with E-state index in [4.69, 9.17) is 0 Å². The van der Waals surface area contributed by atoms with Crippen LogP contribution < -0.4 is 4.90 Å². The van der Waals surface area contributed by atoms with E-state index in [9.17, 15) is 9.90 Å². The average molecular weight is 261 g/mol. The summed E-state index contributed by atoms with van der Waals surface area (Å²) >= 11 is 0. The number of rotatable bonds is 3. The lowest BCUT2D eigenvalue weighted by Crippen LogP contribution is -2.36. The van der Waals surface area contributed by atoms with Crippen LogP contribution >= 0.6 is 0 Å². The Morgan fingerprint density at radius 1 is 1.37 bits per heavy atom. The van der Waals surface area contributed by atoms with Gasteiger partial charge >= 0.3 is 5.97 Å². The summed E-state index contributed by atoms with van der Waals surface area (Å²) in [6.45, 7) is 4.29. The SMILES string of the molecule is Cc1ccc(C(=O)O)c(N(C)C2CCCC(C)C2)c1. The first-order chi connectivity index (χ1) is 8.99. The van der Waals surface area contributed by atoms with Crippen molar-refractivity contribution in [3.05, 3.63) is 29.3 Å². The summed E-state index contributed by atoms with van der Waals surface area (Å²) < 4.78 is 0. The Labute approximate surface area is 115 Å². The molecule has 0 saturated heterocycles. The van der Waals surface area contributed by atoms with Gasteiger partial charge in [0.1, 0.15) is 0 Å². The largest absolute Gasteiger partial charge is 0.478 e. The predicted octanol–water partition coefficient (Wildman–Crippen LogP) is 3.71. The molecule has 2 atom stereocenters. The van der Waals surface area contributed by atoms with Gasteiger partial charge in [0.25, 0.3) is 0 Å². The maximum atomic E-state index is 11.4. The highest BCUT2D eigenvalue weighted by molar-refractivity contribution is 5.94. The van der Waals surface area contributed by atoms with Crippen molar-refractivity contribution in [1.29, 1.82) is 0 Å². The van der Waals surface area contributed by atoms with Crippen LogP contribution in [-0.4, -0.2) is 24.2 Å². The van der Waals surface area contributed by atoms with Crippen molar-refractivity contribution in [2.24, 2.45) is 5.92 Å². The van der Waals surface area contributed by atoms with Gasteiger partial charge in [-0.05, 0) is 43.4 Å². The van der Waals surface area contributed by atoms with Gasteiger partial charge in [0, 0.05) is 13.1 Å². The first-order valence-electron chi connectivity index (χ1n) is 7.06. The molecule has 1 aromatic rings. The van der Waals surface area contributed by atoms with Gasteiger partial charge in [0.15, 0.2) is 0 Å². The fraction of sp³-hybridized carbons (Fsp3) is 0.562. The van der Waals surface area contributed by atoms with Crippen molar-refractivity contribution < 1.29 is 9.90 Å². The van der Waals surface area contributed by atoms with Crippen LogP contribution in [0.15, 0.2) is 18.2 Å². The maximum Gasteiger partial charge on any atom is 0.337 e. The van der Waals surface area contributed by atoms with Crippen LogP contribution in [0.4, 0.5) is 5.69 Å². The molecule has 0 aliphatic heterocycles. The standard InChI is InChI=1S/C16H23NO2/c1-11-5-4-6-13(9-11)17(3)15-10-12(2)7-8-14(15)16(18)19/h7-8,10-11,13H,4-6,9H2,1-3H3,(H,18,19). The highest BCUT2D eigenvalue weighted by Gasteiger charge is 2.25. The number of hydrogen-bond acceptors (Lipinski definition) is 2. The lowest BCUT2D eigenvalue weighted by Gasteiger charge is -2.36. The Bertz CT molecular complexity index is 470. The first-order valence-corrected chi connectivity index (χ1v) is 7.06. The van der Waals surface area contributed by atoms with Crippen molar-refractivity contribution in [2.75, 3.05) is 11.9 Å². The molecule has 2 unspecified atom stereocenters. The van der Waals surface area contributed by atoms with Crippen LogP contribution in [-0.2, 0) is 0 Å². The molecular weight excluding hydrogens is 238 g/mol. The van der Waals surface area contributed by atoms with E-state index in [2.05, 4.69) is 11.8 Å². The van der Waals surface area contributed by atoms with Gasteiger partial charge in [0.2, 0.25) is 0 Å². The summed E-state index contributed by atoms with van der Waals surface area (Å²) in [5.41, 5.74) is 2.37. The summed E-state index contributed by atoms with van der Waals surface area (Å²) in [6.07, 6.45) is 4.85. The molecule has 1 fully saturated rings. The van der Waals surface area contributed by atoms with Gasteiger partial charge < -0.3 is 10.0 Å². The zero-order valence-corrected chi connectivity index (χ0v) is 12.0. The normalized spacial score (nSPS) is 23.1. The summed E-state index contributed by atoms with van der Waals surface area (Å²) in [5.74, 6) is -0.106. The molecule has 19 heavy (non-hydrogen) atoms. The molecule has 0 bridgehead atoms. The second kappa shape index (κ2) is 5.64. The van der Waals surface area contributed by atoms with Gasteiger partial charge in [-0.1, -0.05) is 25.8 Å². The van der Waals surface area contributed by atoms with Crippen LogP contribution in [0.25, 0.3) is 0 Å². The van der Waals surface area contributed by atoms with E-state index >= 15 is 0 Å². The first kappa shape index (κ1) is 13.9. The summed E-state index contributed by atoms with van der Waals surface area (Å²) in [6, 6.07) is 6.03. The minimum absolute atomic E-state index is 0.409. The van der Waals surface area contributed by atoms with Crippen LogP contribution in [0.3, 0.4) is 0 Å². The number of aromatic carboxylic acids is 1. The molecule has 104 valence electrons. The molecule has 1 aliphatic carbocycles. The van der Waals surface area contributed by atoms with E-state index in [0.717, 1.165) is 30.0 Å². The molecule has 2 rings (SSSR count). The molecule has 0 heterocycles. The minimum atomic E-state index is -0.842. The van der Waals surface area contributed by atoms with E-state index in [1.54, 1.807) is 6.07 Å². The van der Waals surface area contributed by atoms with E-state index in [1.165, 1.54) is 12.8 Å². The summed E-state index contributed by atoms with van der Waals surface area (Å²) in [7, 11) is 2.03. The fourth-order valence-electron chi connectivity index (χ4n) is 3.06. The van der Waals surface area contributed by atoms with Crippen LogP contribution in [0, 0.1) is 12.8 Å². The molecular formula is C16H23NO2. The molecule has 3 nitrogen and oxygen atoms in total. The highest BCUT2D eigenvalue weighted by Crippen LogP contribution is 2.31. The second-order valence-corrected chi connectivity index (χ2v) is 5.86. The number of benzene rings is 1. The topological polar surface area (TPSA) is 40.5 Å². The van der Waals surface area contributed by atoms with Crippen molar-refractivity contribution >= 4 is 11.7 Å². The third-order valence-corrected chi connectivity index (χ3v) is 4.22. The monoisotopic (exact) mass is 261 g/mol. The van der Waals surface area contributed by atoms with Gasteiger partial charge in [-0.25, -0.2) is 4.79 Å². The highest BCUT2D eigenvalue weighted by atomic mass is 16.4. The average Bonchev–Trinajstić information content (AvgIpc) is 2.37. The molecule has 1 aromatic carbocycles. The maximum absolute atomic E-state index is 11.4. The lowest BCUT2D eigenvalue weighted by molar-refractivity contribution is 0.0697. The lowest BCUT2D eigenvalue weighted by atomic mass is 9.86. The fourth-order valence-corrected chi connectivity index (χ4v) is 3.06. The Morgan fingerprint density at radius 2 is 2.11 bits per heavy atom.